The van der Waals surface area contributed by atoms with Gasteiger partial charge in [-0.2, -0.15) is 11.8 Å². The van der Waals surface area contributed by atoms with Crippen LogP contribution < -0.4 is 5.32 Å². The van der Waals surface area contributed by atoms with Crippen molar-refractivity contribution in [1.82, 2.24) is 5.32 Å². The topological polar surface area (TPSA) is 55.4 Å². The monoisotopic (exact) mass is 245 g/mol. The Bertz CT molecular complexity index is 274. The lowest BCUT2D eigenvalue weighted by molar-refractivity contribution is -0.150. The van der Waals surface area contributed by atoms with Crippen LogP contribution in [0.15, 0.2) is 0 Å². The van der Waals surface area contributed by atoms with E-state index < -0.39 is 5.54 Å². The van der Waals surface area contributed by atoms with Crippen molar-refractivity contribution in [2.45, 2.75) is 32.2 Å². The van der Waals surface area contributed by atoms with Gasteiger partial charge in [-0.1, -0.05) is 13.8 Å². The van der Waals surface area contributed by atoms with E-state index in [1.54, 1.807) is 11.8 Å². The van der Waals surface area contributed by atoms with Crippen molar-refractivity contribution in [3.63, 3.8) is 0 Å². The summed E-state index contributed by atoms with van der Waals surface area (Å²) in [5.74, 6) is 1.05. The molecule has 1 aliphatic heterocycles. The second-order valence-electron chi connectivity index (χ2n) is 4.17. The third kappa shape index (κ3) is 2.70. The summed E-state index contributed by atoms with van der Waals surface area (Å²) in [7, 11) is 1.36. The first-order chi connectivity index (χ1) is 7.55. The molecule has 0 aromatic carbocycles. The molecule has 0 saturated carbocycles. The number of hydrogen-bond donors (Lipinski definition) is 1. The van der Waals surface area contributed by atoms with E-state index in [2.05, 4.69) is 5.32 Å². The summed E-state index contributed by atoms with van der Waals surface area (Å²) in [6.45, 7) is 3.82. The highest BCUT2D eigenvalue weighted by atomic mass is 32.2. The maximum Gasteiger partial charge on any atom is 0.332 e. The number of carbonyl (C=O) groups excluding carboxylic acids is 2. The standard InChI is InChI=1S/C11H19NO3S/c1-4-8(2)9(13)12-11(10(14)15-3)5-6-16-7-11/h8H,4-7H2,1-3H3,(H,12,13). The zero-order valence-corrected chi connectivity index (χ0v) is 10.9. The van der Waals surface area contributed by atoms with Gasteiger partial charge in [-0.3, -0.25) is 4.79 Å². The fourth-order valence-corrected chi connectivity index (χ4v) is 2.94. The molecule has 92 valence electrons. The quantitative estimate of drug-likeness (QED) is 0.756. The van der Waals surface area contributed by atoms with Gasteiger partial charge < -0.3 is 10.1 Å². The van der Waals surface area contributed by atoms with Crippen molar-refractivity contribution in [1.29, 1.82) is 0 Å². The Morgan fingerprint density at radius 1 is 1.56 bits per heavy atom. The molecule has 0 radical (unpaired) electrons. The second kappa shape index (κ2) is 5.57. The minimum Gasteiger partial charge on any atom is -0.467 e. The summed E-state index contributed by atoms with van der Waals surface area (Å²) in [5, 5.41) is 2.86. The fraction of sp³-hybridized carbons (Fsp3) is 0.818. The van der Waals surface area contributed by atoms with E-state index in [0.29, 0.717) is 12.2 Å². The summed E-state index contributed by atoms with van der Waals surface area (Å²) in [4.78, 5) is 23.6. The van der Waals surface area contributed by atoms with Crippen LogP contribution in [-0.4, -0.2) is 36.0 Å². The minimum absolute atomic E-state index is 0.0598. The number of amides is 1. The van der Waals surface area contributed by atoms with Crippen LogP contribution in [0.5, 0.6) is 0 Å². The average molecular weight is 245 g/mol. The first-order valence-corrected chi connectivity index (χ1v) is 6.69. The number of hydrogen-bond acceptors (Lipinski definition) is 4. The molecule has 1 N–H and O–H groups in total. The maximum atomic E-state index is 11.8. The van der Waals surface area contributed by atoms with Crippen molar-refractivity contribution in [2.24, 2.45) is 5.92 Å². The number of carbonyl (C=O) groups is 2. The molecule has 5 heteroatoms. The van der Waals surface area contributed by atoms with Gasteiger partial charge in [-0.15, -0.1) is 0 Å². The van der Waals surface area contributed by atoms with Crippen LogP contribution in [0.1, 0.15) is 26.7 Å². The normalized spacial score (nSPS) is 26.2. The lowest BCUT2D eigenvalue weighted by Crippen LogP contribution is -2.56. The predicted octanol–water partition coefficient (Wildman–Crippen LogP) is 1.20. The maximum absolute atomic E-state index is 11.8. The minimum atomic E-state index is -0.792. The molecule has 1 aliphatic rings. The van der Waals surface area contributed by atoms with Crippen LogP contribution in [0.3, 0.4) is 0 Å². The van der Waals surface area contributed by atoms with Crippen molar-refractivity contribution < 1.29 is 14.3 Å². The number of thioether (sulfide) groups is 1. The van der Waals surface area contributed by atoms with Crippen molar-refractivity contribution in [3.05, 3.63) is 0 Å². The van der Waals surface area contributed by atoms with E-state index in [-0.39, 0.29) is 17.8 Å². The molecular weight excluding hydrogens is 226 g/mol. The summed E-state index contributed by atoms with van der Waals surface area (Å²) < 4.78 is 4.78. The zero-order chi connectivity index (χ0) is 12.2. The van der Waals surface area contributed by atoms with Crippen molar-refractivity contribution in [2.75, 3.05) is 18.6 Å². The summed E-state index contributed by atoms with van der Waals surface area (Å²) in [5.41, 5.74) is -0.792. The van der Waals surface area contributed by atoms with Crippen molar-refractivity contribution >= 4 is 23.6 Å². The smallest absolute Gasteiger partial charge is 0.332 e. The molecule has 16 heavy (non-hydrogen) atoms. The van der Waals surface area contributed by atoms with Crippen LogP contribution in [-0.2, 0) is 14.3 Å². The highest BCUT2D eigenvalue weighted by molar-refractivity contribution is 7.99. The zero-order valence-electron chi connectivity index (χ0n) is 10.0. The summed E-state index contributed by atoms with van der Waals surface area (Å²) in [6.07, 6.45) is 1.43. The average Bonchev–Trinajstić information content (AvgIpc) is 2.76. The molecule has 0 aliphatic carbocycles. The van der Waals surface area contributed by atoms with E-state index in [0.717, 1.165) is 12.2 Å². The van der Waals surface area contributed by atoms with Gasteiger partial charge in [0, 0.05) is 11.7 Å². The molecule has 1 rings (SSSR count). The second-order valence-corrected chi connectivity index (χ2v) is 5.28. The van der Waals surface area contributed by atoms with Gasteiger partial charge in [-0.05, 0) is 18.6 Å². The van der Waals surface area contributed by atoms with Gasteiger partial charge >= 0.3 is 5.97 Å². The van der Waals surface area contributed by atoms with E-state index in [1.165, 1.54) is 7.11 Å². The molecule has 1 heterocycles. The van der Waals surface area contributed by atoms with Gasteiger partial charge in [0.1, 0.15) is 5.54 Å². The predicted molar refractivity (Wildman–Crippen MR) is 64.3 cm³/mol. The van der Waals surface area contributed by atoms with Crippen LogP contribution in [0.4, 0.5) is 0 Å². The first-order valence-electron chi connectivity index (χ1n) is 5.54. The molecule has 1 fully saturated rings. The molecule has 1 saturated heterocycles. The number of methoxy groups -OCH3 is 1. The lowest BCUT2D eigenvalue weighted by Gasteiger charge is -2.27. The Labute approximate surface area is 100 Å². The largest absolute Gasteiger partial charge is 0.467 e. The molecule has 0 aromatic rings. The number of rotatable bonds is 4. The van der Waals surface area contributed by atoms with Crippen LogP contribution in [0.2, 0.25) is 0 Å². The van der Waals surface area contributed by atoms with Gasteiger partial charge in [0.05, 0.1) is 7.11 Å². The van der Waals surface area contributed by atoms with Gasteiger partial charge in [0.15, 0.2) is 0 Å². The highest BCUT2D eigenvalue weighted by Crippen LogP contribution is 2.29. The van der Waals surface area contributed by atoms with Crippen LogP contribution in [0.25, 0.3) is 0 Å². The molecule has 2 atom stereocenters. The third-order valence-corrected chi connectivity index (χ3v) is 4.21. The number of esters is 1. The molecule has 2 unspecified atom stereocenters. The van der Waals surface area contributed by atoms with E-state index in [9.17, 15) is 9.59 Å². The Kier molecular flexibility index (Phi) is 4.65. The number of nitrogens with one attached hydrogen (secondary N) is 1. The van der Waals surface area contributed by atoms with Crippen molar-refractivity contribution in [3.8, 4) is 0 Å². The lowest BCUT2D eigenvalue weighted by atomic mass is 9.97. The van der Waals surface area contributed by atoms with E-state index >= 15 is 0 Å². The molecule has 0 spiro atoms. The molecule has 1 amide bonds. The first kappa shape index (κ1) is 13.4. The molecule has 0 bridgehead atoms. The Balaban J connectivity index is 2.72. The van der Waals surface area contributed by atoms with E-state index in [4.69, 9.17) is 4.74 Å². The Morgan fingerprint density at radius 2 is 2.25 bits per heavy atom. The van der Waals surface area contributed by atoms with Gasteiger partial charge in [0.25, 0.3) is 0 Å². The highest BCUT2D eigenvalue weighted by Gasteiger charge is 2.44. The SMILES string of the molecule is CCC(C)C(=O)NC1(C(=O)OC)CCSC1. The Hall–Kier alpha value is -0.710. The van der Waals surface area contributed by atoms with E-state index in [1.807, 2.05) is 13.8 Å². The van der Waals surface area contributed by atoms with Crippen LogP contribution in [0, 0.1) is 5.92 Å². The van der Waals surface area contributed by atoms with Crippen LogP contribution >= 0.6 is 11.8 Å². The fourth-order valence-electron chi connectivity index (χ4n) is 1.62. The Morgan fingerprint density at radius 3 is 2.69 bits per heavy atom. The van der Waals surface area contributed by atoms with Gasteiger partial charge in [-0.25, -0.2) is 4.79 Å². The molecule has 0 aromatic heterocycles. The summed E-state index contributed by atoms with van der Waals surface area (Å²) in [6, 6.07) is 0. The number of ether oxygens (including phenoxy) is 1. The van der Waals surface area contributed by atoms with Gasteiger partial charge in [0.2, 0.25) is 5.91 Å². The third-order valence-electron chi connectivity index (χ3n) is 3.02. The summed E-state index contributed by atoms with van der Waals surface area (Å²) >= 11 is 1.67. The molecule has 4 nitrogen and oxygen atoms in total. The molecular formula is C11H19NO3S.